The highest BCUT2D eigenvalue weighted by Gasteiger charge is 2.22. The van der Waals surface area contributed by atoms with Crippen molar-refractivity contribution >= 4 is 50.1 Å². The fourth-order valence-electron chi connectivity index (χ4n) is 3.01. The zero-order chi connectivity index (χ0) is 22.0. The van der Waals surface area contributed by atoms with Crippen LogP contribution in [0, 0.1) is 0 Å². The van der Waals surface area contributed by atoms with Gasteiger partial charge in [-0.15, -0.1) is 11.3 Å². The molecule has 0 aliphatic heterocycles. The number of benzene rings is 2. The highest BCUT2D eigenvalue weighted by atomic mass is 32.1. The van der Waals surface area contributed by atoms with Crippen molar-refractivity contribution in [3.63, 3.8) is 0 Å². The van der Waals surface area contributed by atoms with E-state index in [2.05, 4.69) is 30.9 Å². The summed E-state index contributed by atoms with van der Waals surface area (Å²) in [5, 5.41) is 8.38. The summed E-state index contributed by atoms with van der Waals surface area (Å²) in [7, 11) is 1.63. The van der Waals surface area contributed by atoms with Gasteiger partial charge in [0.05, 0.1) is 23.5 Å². The fraction of sp³-hybridized carbons (Fsp3) is 0.208. The molecule has 0 bridgehead atoms. The molecule has 0 saturated heterocycles. The molecule has 0 fully saturated rings. The van der Waals surface area contributed by atoms with Crippen molar-refractivity contribution < 1.29 is 9.53 Å². The third-order valence-corrected chi connectivity index (χ3v) is 6.60. The van der Waals surface area contributed by atoms with Crippen LogP contribution in [0.3, 0.4) is 0 Å². The number of carbonyl (C=O) groups excluding carboxylic acids is 1. The molecular weight excluding hydrogens is 426 g/mol. The van der Waals surface area contributed by atoms with Crippen molar-refractivity contribution in [1.29, 1.82) is 0 Å². The van der Waals surface area contributed by atoms with E-state index in [1.165, 1.54) is 21.9 Å². The van der Waals surface area contributed by atoms with Gasteiger partial charge >= 0.3 is 0 Å². The van der Waals surface area contributed by atoms with Crippen LogP contribution in [0.4, 0.5) is 5.13 Å². The van der Waals surface area contributed by atoms with Crippen LogP contribution in [0.1, 0.15) is 41.6 Å². The van der Waals surface area contributed by atoms with Crippen molar-refractivity contribution in [3.8, 4) is 5.75 Å². The van der Waals surface area contributed by atoms with Gasteiger partial charge in [0.1, 0.15) is 5.75 Å². The number of thiazole rings is 1. The lowest BCUT2D eigenvalue weighted by molar-refractivity contribution is 0.0988. The van der Waals surface area contributed by atoms with Crippen molar-refractivity contribution in [2.45, 2.75) is 26.2 Å². The van der Waals surface area contributed by atoms with Gasteiger partial charge in [-0.05, 0) is 52.8 Å². The van der Waals surface area contributed by atoms with Crippen LogP contribution in [0.2, 0.25) is 0 Å². The second-order valence-corrected chi connectivity index (χ2v) is 10.0. The van der Waals surface area contributed by atoms with Crippen LogP contribution in [0.5, 0.6) is 5.75 Å². The van der Waals surface area contributed by atoms with Gasteiger partial charge in [0.2, 0.25) is 5.13 Å². The largest absolute Gasteiger partial charge is 0.497 e. The maximum Gasteiger partial charge on any atom is 0.280 e. The van der Waals surface area contributed by atoms with E-state index >= 15 is 0 Å². The summed E-state index contributed by atoms with van der Waals surface area (Å²) in [6.07, 6.45) is 1.69. The number of carbonyl (C=O) groups is 1. The second-order valence-electron chi connectivity index (χ2n) is 8.03. The van der Waals surface area contributed by atoms with E-state index in [1.54, 1.807) is 24.7 Å². The van der Waals surface area contributed by atoms with Crippen LogP contribution >= 0.6 is 22.7 Å². The van der Waals surface area contributed by atoms with Crippen LogP contribution in [0.25, 0.3) is 10.2 Å². The molecule has 0 aliphatic carbocycles. The first-order chi connectivity index (χ1) is 14.8. The lowest BCUT2D eigenvalue weighted by Crippen LogP contribution is -2.25. The average molecular weight is 450 g/mol. The highest BCUT2D eigenvalue weighted by molar-refractivity contribution is 7.22. The van der Waals surface area contributed by atoms with Crippen LogP contribution in [0.15, 0.2) is 65.1 Å². The molecule has 158 valence electrons. The quantitative estimate of drug-likeness (QED) is 0.264. The number of hydrazone groups is 1. The molecule has 2 aromatic carbocycles. The van der Waals surface area contributed by atoms with Gasteiger partial charge in [-0.2, -0.15) is 10.1 Å². The minimum Gasteiger partial charge on any atom is -0.497 e. The Hall–Kier alpha value is -3.03. The first kappa shape index (κ1) is 21.2. The zero-order valence-electron chi connectivity index (χ0n) is 17.8. The molecule has 0 radical (unpaired) electrons. The predicted molar refractivity (Wildman–Crippen MR) is 130 cm³/mol. The van der Waals surface area contributed by atoms with Gasteiger partial charge < -0.3 is 4.74 Å². The van der Waals surface area contributed by atoms with E-state index in [0.29, 0.717) is 10.7 Å². The van der Waals surface area contributed by atoms with Crippen LogP contribution in [-0.2, 0) is 5.41 Å². The number of anilines is 1. The molecule has 1 amide bonds. The average Bonchev–Trinajstić information content (AvgIpc) is 3.42. The summed E-state index contributed by atoms with van der Waals surface area (Å²) in [6.45, 7) is 6.45. The first-order valence-corrected chi connectivity index (χ1v) is 11.5. The van der Waals surface area contributed by atoms with Gasteiger partial charge in [-0.3, -0.25) is 4.79 Å². The topological polar surface area (TPSA) is 54.8 Å². The Morgan fingerprint density at radius 1 is 1.13 bits per heavy atom. The molecule has 0 atom stereocenters. The number of nitrogens with zero attached hydrogens (tertiary/aromatic N) is 3. The number of rotatable bonds is 5. The Balaban J connectivity index is 1.73. The van der Waals surface area contributed by atoms with Crippen molar-refractivity contribution in [2.75, 3.05) is 12.1 Å². The van der Waals surface area contributed by atoms with E-state index < -0.39 is 0 Å². The van der Waals surface area contributed by atoms with E-state index in [4.69, 9.17) is 4.74 Å². The molecule has 2 aromatic heterocycles. The summed E-state index contributed by atoms with van der Waals surface area (Å²) in [4.78, 5) is 19.0. The minimum absolute atomic E-state index is 0.0185. The number of methoxy groups -OCH3 is 1. The molecule has 0 spiro atoms. The number of thiophene rings is 1. The number of hydrogen-bond acceptors (Lipinski definition) is 6. The van der Waals surface area contributed by atoms with Crippen molar-refractivity contribution in [2.24, 2.45) is 5.10 Å². The summed E-state index contributed by atoms with van der Waals surface area (Å²) >= 11 is 2.97. The Labute approximate surface area is 189 Å². The van der Waals surface area contributed by atoms with E-state index in [0.717, 1.165) is 20.8 Å². The van der Waals surface area contributed by atoms with Crippen molar-refractivity contribution in [3.05, 3.63) is 76.0 Å². The number of aromatic nitrogens is 1. The smallest absolute Gasteiger partial charge is 0.280 e. The SMILES string of the molecule is COc1ccc2nc(N(/N=C/c3cccs3)C(=O)c3ccc(C(C)(C)C)cc3)sc2c1. The molecule has 0 aliphatic rings. The van der Waals surface area contributed by atoms with E-state index in [-0.39, 0.29) is 11.3 Å². The van der Waals surface area contributed by atoms with Gasteiger partial charge in [-0.1, -0.05) is 50.3 Å². The molecule has 0 unspecified atom stereocenters. The molecule has 0 N–H and O–H groups in total. The Kier molecular flexibility index (Phi) is 5.89. The number of amides is 1. The number of hydrogen-bond donors (Lipinski definition) is 0. The predicted octanol–water partition coefficient (Wildman–Crippen LogP) is 6.34. The molecule has 0 saturated carbocycles. The maximum atomic E-state index is 13.4. The Morgan fingerprint density at radius 2 is 1.90 bits per heavy atom. The molecule has 7 heteroatoms. The number of fused-ring (bicyclic) bond motifs is 1. The summed E-state index contributed by atoms with van der Waals surface area (Å²) < 4.78 is 6.25. The maximum absolute atomic E-state index is 13.4. The molecule has 31 heavy (non-hydrogen) atoms. The lowest BCUT2D eigenvalue weighted by atomic mass is 9.87. The lowest BCUT2D eigenvalue weighted by Gasteiger charge is -2.19. The van der Waals surface area contributed by atoms with E-state index in [9.17, 15) is 4.79 Å². The molecule has 5 nitrogen and oxygen atoms in total. The van der Waals surface area contributed by atoms with Crippen LogP contribution in [-0.4, -0.2) is 24.2 Å². The Morgan fingerprint density at radius 3 is 2.55 bits per heavy atom. The van der Waals surface area contributed by atoms with Gasteiger partial charge in [0.15, 0.2) is 0 Å². The van der Waals surface area contributed by atoms with Gasteiger partial charge in [-0.25, -0.2) is 4.98 Å². The minimum atomic E-state index is -0.223. The van der Waals surface area contributed by atoms with Crippen molar-refractivity contribution in [1.82, 2.24) is 4.98 Å². The number of ether oxygens (including phenoxy) is 1. The standard InChI is InChI=1S/C24H23N3O2S2/c1-24(2,3)17-9-7-16(8-10-17)22(28)27(25-15-19-6-5-13-30-19)23-26-20-12-11-18(29-4)14-21(20)31-23/h5-15H,1-4H3/b25-15+. The summed E-state index contributed by atoms with van der Waals surface area (Å²) in [5.74, 6) is 0.528. The van der Waals surface area contributed by atoms with Gasteiger partial charge in [0, 0.05) is 10.4 Å². The third-order valence-electron chi connectivity index (χ3n) is 4.80. The first-order valence-electron chi connectivity index (χ1n) is 9.82. The highest BCUT2D eigenvalue weighted by Crippen LogP contribution is 2.32. The van der Waals surface area contributed by atoms with Crippen LogP contribution < -0.4 is 9.75 Å². The molecule has 4 aromatic rings. The molecule has 4 rings (SSSR count). The Bertz CT molecular complexity index is 1220. The molecular formula is C24H23N3O2S2. The van der Waals surface area contributed by atoms with E-state index in [1.807, 2.05) is 60.0 Å². The third kappa shape index (κ3) is 4.68. The second kappa shape index (κ2) is 8.61. The summed E-state index contributed by atoms with van der Waals surface area (Å²) in [6, 6.07) is 17.3. The summed E-state index contributed by atoms with van der Waals surface area (Å²) in [5.41, 5.74) is 2.55. The molecule has 2 heterocycles. The normalized spacial score (nSPS) is 11.9. The zero-order valence-corrected chi connectivity index (χ0v) is 19.5. The monoisotopic (exact) mass is 449 g/mol. The fourth-order valence-corrected chi connectivity index (χ4v) is 4.54. The van der Waals surface area contributed by atoms with Gasteiger partial charge in [0.25, 0.3) is 5.91 Å².